The normalized spacial score (nSPS) is 44.8. The average Bonchev–Trinajstić information content (AvgIpc) is 3.19. The average molecular weight is 847 g/mol. The minimum absolute atomic E-state index is 0.193. The molecule has 8 aliphatic rings. The molecule has 2 heterocycles. The number of hydrogen-bond donors (Lipinski definition) is 4. The first kappa shape index (κ1) is 40.6. The molecule has 304 valence electrons. The summed E-state index contributed by atoms with van der Waals surface area (Å²) >= 11 is 0. The SMILES string of the molecule is O[Si@]1(C2CCCCC2)O[Si]2(C3CCCCC3)O[Si](C3CCCCC3)(O[Si@](O)(C3CCCCC3)O[Si@](O)(C3CCCCC3)O2)O[Si@@](O)(C2CCCCC2)O1. The molecule has 4 N–H and O–H groups in total. The predicted octanol–water partition coefficient (Wildman–Crippen LogP) is 8.74. The molecule has 8 rings (SSSR count). The van der Waals surface area contributed by atoms with E-state index in [4.69, 9.17) is 28.8 Å². The quantitative estimate of drug-likeness (QED) is 0.191. The molecular formula is C36H70O11Si6. The van der Waals surface area contributed by atoms with Gasteiger partial charge in [0.15, 0.2) is 0 Å². The van der Waals surface area contributed by atoms with Crippen molar-refractivity contribution in [1.29, 1.82) is 0 Å². The van der Waals surface area contributed by atoms with Crippen LogP contribution < -0.4 is 0 Å². The maximum absolute atomic E-state index is 13.3. The molecule has 17 heteroatoms. The van der Waals surface area contributed by atoms with Crippen LogP contribution in [0.4, 0.5) is 0 Å². The second-order valence-electron chi connectivity index (χ2n) is 18.5. The van der Waals surface area contributed by atoms with Crippen molar-refractivity contribution in [2.24, 2.45) is 0 Å². The molecule has 0 aromatic rings. The lowest BCUT2D eigenvalue weighted by molar-refractivity contribution is 0.00549. The minimum Gasteiger partial charge on any atom is -0.390 e. The largest absolute Gasteiger partial charge is 0.486 e. The molecule has 6 aliphatic carbocycles. The molecule has 0 aromatic carbocycles. The lowest BCUT2D eigenvalue weighted by atomic mass is 10.0. The van der Waals surface area contributed by atoms with Gasteiger partial charge < -0.3 is 48.0 Å². The Bertz CT molecular complexity index is 1050. The molecule has 8 fully saturated rings. The van der Waals surface area contributed by atoms with Crippen molar-refractivity contribution in [3.8, 4) is 0 Å². The van der Waals surface area contributed by atoms with Crippen molar-refractivity contribution < 1.29 is 48.0 Å². The van der Waals surface area contributed by atoms with E-state index in [1.807, 2.05) is 0 Å². The highest BCUT2D eigenvalue weighted by Gasteiger charge is 2.78. The van der Waals surface area contributed by atoms with Crippen molar-refractivity contribution in [2.45, 2.75) is 226 Å². The molecule has 53 heavy (non-hydrogen) atoms. The van der Waals surface area contributed by atoms with E-state index >= 15 is 0 Å². The smallest absolute Gasteiger partial charge is 0.390 e. The van der Waals surface area contributed by atoms with Gasteiger partial charge in [-0.2, -0.15) is 0 Å². The van der Waals surface area contributed by atoms with Gasteiger partial charge in [0.25, 0.3) is 0 Å². The lowest BCUT2D eigenvalue weighted by Gasteiger charge is -2.59. The molecule has 0 amide bonds. The van der Waals surface area contributed by atoms with E-state index in [1.165, 1.54) is 0 Å². The first-order valence-corrected chi connectivity index (χ1v) is 33.4. The highest BCUT2D eigenvalue weighted by atomic mass is 28.6. The van der Waals surface area contributed by atoms with Crippen LogP contribution in [0.5, 0.6) is 0 Å². The van der Waals surface area contributed by atoms with E-state index < -0.39 is 52.8 Å². The van der Waals surface area contributed by atoms with Gasteiger partial charge in [-0.25, -0.2) is 0 Å². The Kier molecular flexibility index (Phi) is 12.9. The fourth-order valence-corrected chi connectivity index (χ4v) is 44.6. The summed E-state index contributed by atoms with van der Waals surface area (Å²) in [7, 11) is -25.6. The first-order chi connectivity index (χ1) is 25.6. The van der Waals surface area contributed by atoms with Crippen molar-refractivity contribution in [3.63, 3.8) is 0 Å². The number of hydrogen-bond acceptors (Lipinski definition) is 11. The first-order valence-electron chi connectivity index (χ1n) is 22.4. The molecule has 6 atom stereocenters. The summed E-state index contributed by atoms with van der Waals surface area (Å²) in [4.78, 5) is 53.2. The van der Waals surface area contributed by atoms with Crippen molar-refractivity contribution in [2.75, 3.05) is 0 Å². The summed E-state index contributed by atoms with van der Waals surface area (Å²) in [6.45, 7) is 0. The van der Waals surface area contributed by atoms with Gasteiger partial charge in [0.1, 0.15) is 0 Å². The topological polar surface area (TPSA) is 146 Å². The predicted molar refractivity (Wildman–Crippen MR) is 212 cm³/mol. The van der Waals surface area contributed by atoms with Gasteiger partial charge in [-0.3, -0.25) is 0 Å². The minimum atomic E-state index is -4.31. The van der Waals surface area contributed by atoms with Crippen LogP contribution in [-0.4, -0.2) is 72.0 Å². The molecule has 0 aromatic heterocycles. The zero-order chi connectivity index (χ0) is 36.6. The van der Waals surface area contributed by atoms with Gasteiger partial charge in [-0.1, -0.05) is 116 Å². The summed E-state index contributed by atoms with van der Waals surface area (Å²) in [6.07, 6.45) is 27.4. The highest BCUT2D eigenvalue weighted by molar-refractivity contribution is 6.96. The Labute approximate surface area is 325 Å². The van der Waals surface area contributed by atoms with Crippen LogP contribution in [0, 0.1) is 0 Å². The molecule has 6 saturated carbocycles. The molecule has 2 saturated heterocycles. The summed E-state index contributed by atoms with van der Waals surface area (Å²) in [5.41, 5.74) is -1.45. The monoisotopic (exact) mass is 846 g/mol. The van der Waals surface area contributed by atoms with Crippen LogP contribution in [0.3, 0.4) is 0 Å². The van der Waals surface area contributed by atoms with E-state index in [9.17, 15) is 19.2 Å². The molecule has 0 radical (unpaired) electrons. The fraction of sp³-hybridized carbons (Fsp3) is 1.00. The Balaban J connectivity index is 1.33. The zero-order valence-corrected chi connectivity index (χ0v) is 38.3. The van der Waals surface area contributed by atoms with Crippen LogP contribution in [0.1, 0.15) is 193 Å². The third-order valence-corrected chi connectivity index (χ3v) is 40.5. The van der Waals surface area contributed by atoms with Crippen LogP contribution in [0.25, 0.3) is 0 Å². The second-order valence-corrected chi connectivity index (χ2v) is 36.5. The van der Waals surface area contributed by atoms with Gasteiger partial charge >= 0.3 is 52.8 Å². The third kappa shape index (κ3) is 8.50. The van der Waals surface area contributed by atoms with Crippen LogP contribution in [-0.2, 0) is 28.8 Å². The van der Waals surface area contributed by atoms with Gasteiger partial charge in [-0.15, -0.1) is 0 Å². The Morgan fingerprint density at radius 2 is 0.415 bits per heavy atom. The Hall–Kier alpha value is 0.861. The second kappa shape index (κ2) is 16.8. The van der Waals surface area contributed by atoms with E-state index in [-0.39, 0.29) is 33.2 Å². The van der Waals surface area contributed by atoms with E-state index in [0.717, 1.165) is 193 Å². The fourth-order valence-electron chi connectivity index (χ4n) is 11.6. The van der Waals surface area contributed by atoms with Gasteiger partial charge in [0, 0.05) is 33.2 Å². The van der Waals surface area contributed by atoms with E-state index in [0.29, 0.717) is 0 Å². The van der Waals surface area contributed by atoms with E-state index in [1.54, 1.807) is 0 Å². The molecule has 2 bridgehead atoms. The van der Waals surface area contributed by atoms with Gasteiger partial charge in [0.05, 0.1) is 0 Å². The number of fused-ring (bicyclic) bond motifs is 2. The number of rotatable bonds is 6. The van der Waals surface area contributed by atoms with Gasteiger partial charge in [0.2, 0.25) is 0 Å². The third-order valence-electron chi connectivity index (χ3n) is 14.7. The lowest BCUT2D eigenvalue weighted by Crippen LogP contribution is -2.81. The molecule has 11 nitrogen and oxygen atoms in total. The summed E-state index contributed by atoms with van der Waals surface area (Å²) in [5.74, 6) is 0. The maximum atomic E-state index is 13.3. The van der Waals surface area contributed by atoms with Crippen LogP contribution >= 0.6 is 0 Å². The van der Waals surface area contributed by atoms with Crippen molar-refractivity contribution in [1.82, 2.24) is 0 Å². The van der Waals surface area contributed by atoms with Crippen molar-refractivity contribution in [3.05, 3.63) is 0 Å². The molecule has 2 aliphatic heterocycles. The van der Waals surface area contributed by atoms with Crippen LogP contribution in [0.2, 0.25) is 33.2 Å². The van der Waals surface area contributed by atoms with Gasteiger partial charge in [-0.05, 0) is 77.0 Å². The standard InChI is InChI=1S/C36H70O11Si6/c37-48(31-19-7-1-8-20-31)41-49(38,32-21-9-2-10-22-32)44-53(36-29-17-6-18-30-36)46-51(40,34-25-13-4-14-26-34)42-50(39,33-23-11-3-12-24-33)45-52(43-48,47-53)35-27-15-5-16-28-35/h31-40H,1-30H2/t48-,49+,50+,51-,52?,53?. The Morgan fingerprint density at radius 1 is 0.226 bits per heavy atom. The van der Waals surface area contributed by atoms with Crippen molar-refractivity contribution >= 4 is 52.8 Å². The molecular weight excluding hydrogens is 777 g/mol. The van der Waals surface area contributed by atoms with Crippen LogP contribution in [0.15, 0.2) is 0 Å². The molecule has 0 spiro atoms. The summed E-state index contributed by atoms with van der Waals surface area (Å²) < 4.78 is 52.1. The Morgan fingerprint density at radius 3 is 0.623 bits per heavy atom. The summed E-state index contributed by atoms with van der Waals surface area (Å²) in [5, 5.41) is 0. The van der Waals surface area contributed by atoms with E-state index in [2.05, 4.69) is 0 Å². The zero-order valence-electron chi connectivity index (χ0n) is 32.3. The maximum Gasteiger partial charge on any atom is 0.486 e. The molecule has 2 unspecified atom stereocenters. The summed E-state index contributed by atoms with van der Waals surface area (Å²) in [6, 6.07) is 0. The highest BCUT2D eigenvalue weighted by Crippen LogP contribution is 2.57.